The van der Waals surface area contributed by atoms with Gasteiger partial charge < -0.3 is 11.1 Å². The van der Waals surface area contributed by atoms with E-state index in [0.29, 0.717) is 6.54 Å². The lowest BCUT2D eigenvalue weighted by Gasteiger charge is -2.32. The Kier molecular flexibility index (Phi) is 5.82. The van der Waals surface area contributed by atoms with E-state index in [0.717, 1.165) is 21.5 Å². The van der Waals surface area contributed by atoms with Crippen LogP contribution in [0.25, 0.3) is 0 Å². The van der Waals surface area contributed by atoms with E-state index in [-0.39, 0.29) is 17.4 Å². The van der Waals surface area contributed by atoms with Crippen molar-refractivity contribution in [3.05, 3.63) is 20.8 Å². The van der Waals surface area contributed by atoms with Crippen LogP contribution in [0.5, 0.6) is 0 Å². The summed E-state index contributed by atoms with van der Waals surface area (Å²) in [6.45, 7) is 6.53. The molecule has 0 aliphatic heterocycles. The molecule has 1 heterocycles. The van der Waals surface area contributed by atoms with Gasteiger partial charge in [0.15, 0.2) is 0 Å². The molecule has 1 aromatic heterocycles. The highest BCUT2D eigenvalue weighted by molar-refractivity contribution is 9.11. The van der Waals surface area contributed by atoms with Gasteiger partial charge in [-0.3, -0.25) is 4.79 Å². The van der Waals surface area contributed by atoms with Gasteiger partial charge in [-0.2, -0.15) is 0 Å². The Hall–Kier alpha value is -0.390. The molecule has 0 fully saturated rings. The first-order valence-electron chi connectivity index (χ1n) is 6.25. The number of nitrogens with one attached hydrogen (secondary N) is 1. The number of carbonyl (C=O) groups is 1. The molecule has 0 saturated carbocycles. The third-order valence-corrected chi connectivity index (χ3v) is 5.35. The van der Waals surface area contributed by atoms with E-state index >= 15 is 0 Å². The molecule has 0 spiro atoms. The van der Waals surface area contributed by atoms with Gasteiger partial charge in [0.05, 0.1) is 15.2 Å². The molecule has 1 aromatic rings. The topological polar surface area (TPSA) is 55.1 Å². The molecule has 0 radical (unpaired) electrons. The summed E-state index contributed by atoms with van der Waals surface area (Å²) in [7, 11) is 0. The maximum Gasteiger partial charge on any atom is 0.228 e. The minimum atomic E-state index is -0.264. The second kappa shape index (κ2) is 6.68. The Morgan fingerprint density at radius 2 is 2.11 bits per heavy atom. The summed E-state index contributed by atoms with van der Waals surface area (Å²) in [6.07, 6.45) is 1.71. The highest BCUT2D eigenvalue weighted by Crippen LogP contribution is 2.29. The number of amides is 1. The van der Waals surface area contributed by atoms with Crippen LogP contribution in [0.1, 0.15) is 44.4 Å². The molecule has 0 aromatic carbocycles. The van der Waals surface area contributed by atoms with E-state index < -0.39 is 0 Å². The second-order valence-corrected chi connectivity index (χ2v) is 7.04. The highest BCUT2D eigenvalue weighted by Gasteiger charge is 2.29. The third kappa shape index (κ3) is 3.56. The summed E-state index contributed by atoms with van der Waals surface area (Å²) in [4.78, 5) is 13.3. The normalized spacial score (nSPS) is 13.4. The number of nitrogens with two attached hydrogens (primary N) is 1. The summed E-state index contributed by atoms with van der Waals surface area (Å²) in [5, 5.41) is 3.11. The van der Waals surface area contributed by atoms with E-state index in [9.17, 15) is 4.79 Å². The van der Waals surface area contributed by atoms with Crippen molar-refractivity contribution in [2.45, 2.75) is 45.1 Å². The van der Waals surface area contributed by atoms with Crippen LogP contribution >= 0.6 is 27.3 Å². The monoisotopic (exact) mass is 332 g/mol. The Labute approximate surface area is 121 Å². The summed E-state index contributed by atoms with van der Waals surface area (Å²) < 4.78 is 1.05. The number of hydrogen-bond donors (Lipinski definition) is 2. The lowest BCUT2D eigenvalue weighted by Crippen LogP contribution is -2.53. The molecule has 0 bridgehead atoms. The summed E-state index contributed by atoms with van der Waals surface area (Å²) in [6, 6.07) is 3.96. The zero-order chi connectivity index (χ0) is 13.8. The molecule has 3 N–H and O–H groups in total. The Morgan fingerprint density at radius 1 is 1.50 bits per heavy atom. The van der Waals surface area contributed by atoms with Gasteiger partial charge >= 0.3 is 0 Å². The van der Waals surface area contributed by atoms with Crippen LogP contribution in [0.3, 0.4) is 0 Å². The zero-order valence-corrected chi connectivity index (χ0v) is 13.5. The Morgan fingerprint density at radius 3 is 2.50 bits per heavy atom. The quantitative estimate of drug-likeness (QED) is 0.840. The fourth-order valence-electron chi connectivity index (χ4n) is 1.83. The molecule has 0 aliphatic rings. The molecule has 1 atom stereocenters. The van der Waals surface area contributed by atoms with Gasteiger partial charge in [-0.15, -0.1) is 11.3 Å². The zero-order valence-electron chi connectivity index (χ0n) is 11.1. The molecular formula is C13H21BrN2OS. The Balaban J connectivity index is 2.76. The van der Waals surface area contributed by atoms with Crippen LogP contribution in [0.2, 0.25) is 0 Å². The molecule has 5 heteroatoms. The summed E-state index contributed by atoms with van der Waals surface area (Å²) in [5.74, 6) is -0.0798. The molecule has 102 valence electrons. The van der Waals surface area contributed by atoms with Crippen molar-refractivity contribution in [2.24, 2.45) is 5.73 Å². The minimum absolute atomic E-state index is 0.0542. The average Bonchev–Trinajstić information content (AvgIpc) is 2.81. The molecule has 0 saturated heterocycles. The molecule has 1 rings (SSSR count). The van der Waals surface area contributed by atoms with Gasteiger partial charge in [0, 0.05) is 11.4 Å². The smallest absolute Gasteiger partial charge is 0.228 e. The van der Waals surface area contributed by atoms with E-state index in [4.69, 9.17) is 5.73 Å². The molecule has 1 amide bonds. The van der Waals surface area contributed by atoms with Gasteiger partial charge in [-0.05, 0) is 47.8 Å². The van der Waals surface area contributed by atoms with Crippen LogP contribution in [-0.2, 0) is 4.79 Å². The predicted molar refractivity (Wildman–Crippen MR) is 80.9 cm³/mol. The van der Waals surface area contributed by atoms with Crippen molar-refractivity contribution in [1.82, 2.24) is 5.32 Å². The number of hydrogen-bond acceptors (Lipinski definition) is 3. The SMILES string of the molecule is CCC(CC)(CN)NC(=O)C(C)c1ccc(Br)s1. The van der Waals surface area contributed by atoms with Crippen LogP contribution in [0, 0.1) is 0 Å². The number of carbonyl (C=O) groups excluding carboxylic acids is 1. The van der Waals surface area contributed by atoms with E-state index in [2.05, 4.69) is 35.1 Å². The number of rotatable bonds is 6. The van der Waals surface area contributed by atoms with Crippen LogP contribution in [0.4, 0.5) is 0 Å². The Bertz CT molecular complexity index is 393. The van der Waals surface area contributed by atoms with Crippen LogP contribution < -0.4 is 11.1 Å². The third-order valence-electron chi connectivity index (χ3n) is 3.55. The largest absolute Gasteiger partial charge is 0.349 e. The standard InChI is InChI=1S/C13H21BrN2OS/c1-4-13(5-2,8-15)16-12(17)9(3)10-6-7-11(14)18-10/h6-7,9H,4-5,8,15H2,1-3H3,(H,16,17). The first-order valence-corrected chi connectivity index (χ1v) is 7.86. The maximum absolute atomic E-state index is 12.3. The van der Waals surface area contributed by atoms with E-state index in [1.807, 2.05) is 19.1 Å². The van der Waals surface area contributed by atoms with Crippen molar-refractivity contribution >= 4 is 33.2 Å². The van der Waals surface area contributed by atoms with Gasteiger partial charge in [0.2, 0.25) is 5.91 Å². The van der Waals surface area contributed by atoms with Crippen molar-refractivity contribution in [3.8, 4) is 0 Å². The first-order chi connectivity index (χ1) is 8.48. The van der Waals surface area contributed by atoms with Gasteiger partial charge in [-0.1, -0.05) is 13.8 Å². The molecule has 18 heavy (non-hydrogen) atoms. The average molecular weight is 333 g/mol. The van der Waals surface area contributed by atoms with Crippen LogP contribution in [0.15, 0.2) is 15.9 Å². The fraction of sp³-hybridized carbons (Fsp3) is 0.615. The molecular weight excluding hydrogens is 312 g/mol. The first kappa shape index (κ1) is 15.7. The van der Waals surface area contributed by atoms with Gasteiger partial charge in [0.1, 0.15) is 0 Å². The lowest BCUT2D eigenvalue weighted by molar-refractivity contribution is -0.124. The molecule has 3 nitrogen and oxygen atoms in total. The number of halogens is 1. The van der Waals surface area contributed by atoms with Gasteiger partial charge in [-0.25, -0.2) is 0 Å². The summed E-state index contributed by atoms with van der Waals surface area (Å²) in [5.41, 5.74) is 5.54. The van der Waals surface area contributed by atoms with E-state index in [1.165, 1.54) is 0 Å². The van der Waals surface area contributed by atoms with Crippen molar-refractivity contribution in [3.63, 3.8) is 0 Å². The molecule has 0 aliphatic carbocycles. The lowest BCUT2D eigenvalue weighted by atomic mass is 9.92. The van der Waals surface area contributed by atoms with Crippen LogP contribution in [-0.4, -0.2) is 18.0 Å². The van der Waals surface area contributed by atoms with Crippen molar-refractivity contribution < 1.29 is 4.79 Å². The predicted octanol–water partition coefficient (Wildman–Crippen LogP) is 3.25. The summed E-state index contributed by atoms with van der Waals surface area (Å²) >= 11 is 5.02. The maximum atomic E-state index is 12.3. The number of thiophene rings is 1. The fourth-order valence-corrected chi connectivity index (χ4v) is 3.30. The molecule has 1 unspecified atom stereocenters. The van der Waals surface area contributed by atoms with Gasteiger partial charge in [0.25, 0.3) is 0 Å². The highest BCUT2D eigenvalue weighted by atomic mass is 79.9. The second-order valence-electron chi connectivity index (χ2n) is 4.54. The van der Waals surface area contributed by atoms with Crippen molar-refractivity contribution in [2.75, 3.05) is 6.54 Å². The van der Waals surface area contributed by atoms with E-state index in [1.54, 1.807) is 11.3 Å². The van der Waals surface area contributed by atoms with Crippen molar-refractivity contribution in [1.29, 1.82) is 0 Å². The minimum Gasteiger partial charge on any atom is -0.349 e.